The Balaban J connectivity index is 0.000000916. The molecule has 28 heavy (non-hydrogen) atoms. The predicted octanol–water partition coefficient (Wildman–Crippen LogP) is 0.637. The highest BCUT2D eigenvalue weighted by Crippen LogP contribution is 2.22. The lowest BCUT2D eigenvalue weighted by molar-refractivity contribution is -0.165. The summed E-state index contributed by atoms with van der Waals surface area (Å²) < 4.78 is 50.1. The van der Waals surface area contributed by atoms with E-state index in [2.05, 4.69) is 0 Å². The van der Waals surface area contributed by atoms with Crippen LogP contribution in [-0.2, 0) is 9.59 Å². The molecule has 3 unspecified atom stereocenters. The Morgan fingerprint density at radius 2 is 1.68 bits per heavy atom. The number of rotatable bonds is 7. The van der Waals surface area contributed by atoms with Gasteiger partial charge in [-0.1, -0.05) is 12.1 Å². The molecule has 3 atom stereocenters. The van der Waals surface area contributed by atoms with Crippen LogP contribution in [0.3, 0.4) is 0 Å². The van der Waals surface area contributed by atoms with Crippen molar-refractivity contribution in [2.24, 2.45) is 0 Å². The summed E-state index contributed by atoms with van der Waals surface area (Å²) in [5, 5.41) is 32.5. The monoisotopic (exact) mass is 406 g/mol. The average Bonchev–Trinajstić information content (AvgIpc) is 2.70. The van der Waals surface area contributed by atoms with E-state index in [4.69, 9.17) is 33.4 Å². The number of hydrogen-bond donors (Lipinski definition) is 4. The van der Waals surface area contributed by atoms with Gasteiger partial charge in [0.2, 0.25) is 0 Å². The van der Waals surface area contributed by atoms with Gasteiger partial charge < -0.3 is 35.0 Å². The Morgan fingerprint density at radius 3 is 2.11 bits per heavy atom. The molecule has 0 radical (unpaired) electrons. The number of ether oxygens (including phenoxy) is 1. The van der Waals surface area contributed by atoms with E-state index < -0.39 is 50.2 Å². The number of carbonyl (C=O) groups excluding carboxylic acids is 1. The lowest BCUT2D eigenvalue weighted by Gasteiger charge is -2.21. The third-order valence-corrected chi connectivity index (χ3v) is 3.52. The van der Waals surface area contributed by atoms with Crippen LogP contribution in [0.2, 0.25) is 0 Å². The normalized spacial score (nSPS) is 17.6. The van der Waals surface area contributed by atoms with Crippen LogP contribution < -0.4 is 4.74 Å². The van der Waals surface area contributed by atoms with Gasteiger partial charge in [-0.15, -0.1) is 0 Å². The SMILES string of the molecule is O=C(O)C(O)C(O)C(=O)O.[2H]C([2H])([2H])N(C(C)c1cccc(OC(=O)N(C)CC)c1)C([2H])([2H])[2H]. The molecule has 0 bridgehead atoms. The number of aliphatic hydroxyl groups excluding tert-OH is 2. The predicted molar refractivity (Wildman–Crippen MR) is 100 cm³/mol. The number of carboxylic acid groups (broad SMARTS) is 2. The standard InChI is InChI=1S/C14H22N2O2.C4H6O6/c1-6-16(5)14(17)18-13-9-7-8-12(10-13)11(2)15(3)4;5-1(3(7)8)2(6)4(9)10/h7-11H,6H2,1-5H3;1-2,5-6H,(H,7,8)(H,9,10)/i3D3,4D3;. The van der Waals surface area contributed by atoms with E-state index in [0.717, 1.165) is 0 Å². The molecule has 10 nitrogen and oxygen atoms in total. The molecule has 0 heterocycles. The van der Waals surface area contributed by atoms with Crippen molar-refractivity contribution in [1.82, 2.24) is 9.80 Å². The van der Waals surface area contributed by atoms with Crippen LogP contribution in [0.1, 0.15) is 33.7 Å². The van der Waals surface area contributed by atoms with Crippen LogP contribution >= 0.6 is 0 Å². The summed E-state index contributed by atoms with van der Waals surface area (Å²) in [7, 11) is 1.58. The van der Waals surface area contributed by atoms with Crippen molar-refractivity contribution >= 4 is 18.0 Å². The van der Waals surface area contributed by atoms with Gasteiger partial charge in [0.05, 0.1) is 0 Å². The number of carbonyl (C=O) groups is 3. The van der Waals surface area contributed by atoms with Crippen molar-refractivity contribution in [3.63, 3.8) is 0 Å². The van der Waals surface area contributed by atoms with Crippen molar-refractivity contribution in [3.05, 3.63) is 29.8 Å². The fraction of sp³-hybridized carbons (Fsp3) is 0.500. The number of carboxylic acids is 2. The molecule has 158 valence electrons. The first-order valence-electron chi connectivity index (χ1n) is 11.0. The first kappa shape index (κ1) is 16.3. The second kappa shape index (κ2) is 11.9. The Labute approximate surface area is 172 Å². The Bertz CT molecular complexity index is 816. The van der Waals surface area contributed by atoms with Crippen molar-refractivity contribution in [3.8, 4) is 5.75 Å². The minimum absolute atomic E-state index is 0.223. The van der Waals surface area contributed by atoms with E-state index in [1.807, 2.05) is 0 Å². The lowest BCUT2D eigenvalue weighted by Crippen LogP contribution is -2.39. The Hall–Kier alpha value is -2.69. The summed E-state index contributed by atoms with van der Waals surface area (Å²) >= 11 is 0. The fourth-order valence-electron chi connectivity index (χ4n) is 1.56. The maximum atomic E-state index is 11.8. The number of aliphatic hydroxyl groups is 2. The van der Waals surface area contributed by atoms with Crippen molar-refractivity contribution in [2.45, 2.75) is 32.1 Å². The van der Waals surface area contributed by atoms with Crippen molar-refractivity contribution in [1.29, 1.82) is 0 Å². The van der Waals surface area contributed by atoms with Gasteiger partial charge in [0.15, 0.2) is 12.2 Å². The zero-order chi connectivity index (χ0) is 27.0. The van der Waals surface area contributed by atoms with E-state index in [-0.39, 0.29) is 5.75 Å². The fourth-order valence-corrected chi connectivity index (χ4v) is 1.56. The number of aliphatic carboxylic acids is 2. The molecule has 4 N–H and O–H groups in total. The van der Waals surface area contributed by atoms with Crippen LogP contribution in [0.4, 0.5) is 4.79 Å². The molecule has 1 amide bonds. The summed E-state index contributed by atoms with van der Waals surface area (Å²) in [6, 6.07) is 5.27. The summed E-state index contributed by atoms with van der Waals surface area (Å²) in [6.45, 7) is -1.83. The third-order valence-electron chi connectivity index (χ3n) is 3.52. The van der Waals surface area contributed by atoms with Gasteiger partial charge >= 0.3 is 18.0 Å². The molecule has 0 fully saturated rings. The van der Waals surface area contributed by atoms with Crippen LogP contribution in [0.25, 0.3) is 0 Å². The Morgan fingerprint density at radius 1 is 1.14 bits per heavy atom. The summed E-state index contributed by atoms with van der Waals surface area (Å²) in [5.74, 6) is -3.31. The van der Waals surface area contributed by atoms with E-state index in [9.17, 15) is 14.4 Å². The average molecular weight is 406 g/mol. The first-order chi connectivity index (χ1) is 15.3. The maximum absolute atomic E-state index is 11.8. The molecule has 10 heteroatoms. The van der Waals surface area contributed by atoms with E-state index >= 15 is 0 Å². The molecular formula is C18H28N2O8. The highest BCUT2D eigenvalue weighted by Gasteiger charge is 2.29. The van der Waals surface area contributed by atoms with Gasteiger partial charge in [-0.25, -0.2) is 14.4 Å². The molecule has 0 aliphatic rings. The van der Waals surface area contributed by atoms with Crippen LogP contribution in [0.5, 0.6) is 5.75 Å². The van der Waals surface area contributed by atoms with Gasteiger partial charge in [-0.2, -0.15) is 0 Å². The third kappa shape index (κ3) is 8.33. The number of hydrogen-bond acceptors (Lipinski definition) is 7. The Kier molecular flexibility index (Phi) is 6.92. The molecule has 0 saturated carbocycles. The maximum Gasteiger partial charge on any atom is 0.414 e. The van der Waals surface area contributed by atoms with E-state index in [0.29, 0.717) is 17.0 Å². The van der Waals surface area contributed by atoms with E-state index in [1.54, 1.807) is 32.2 Å². The molecule has 0 spiro atoms. The molecule has 0 saturated heterocycles. The molecular weight excluding hydrogens is 372 g/mol. The second-order valence-corrected chi connectivity index (χ2v) is 5.57. The topological polar surface area (TPSA) is 148 Å². The smallest absolute Gasteiger partial charge is 0.414 e. The first-order valence-corrected chi connectivity index (χ1v) is 7.98. The second-order valence-electron chi connectivity index (χ2n) is 5.57. The van der Waals surface area contributed by atoms with Gasteiger partial charge in [0.25, 0.3) is 0 Å². The zero-order valence-corrected chi connectivity index (χ0v) is 15.6. The number of benzene rings is 1. The van der Waals surface area contributed by atoms with Crippen LogP contribution in [0.15, 0.2) is 24.3 Å². The van der Waals surface area contributed by atoms with Gasteiger partial charge in [0.1, 0.15) is 5.75 Å². The molecule has 1 rings (SSSR count). The highest BCUT2D eigenvalue weighted by atomic mass is 16.6. The summed E-state index contributed by atoms with van der Waals surface area (Å²) in [5.41, 5.74) is 0.423. The quantitative estimate of drug-likeness (QED) is 0.512. The van der Waals surface area contributed by atoms with E-state index in [1.165, 1.54) is 17.9 Å². The molecule has 0 aliphatic carbocycles. The molecule has 0 aliphatic heterocycles. The van der Waals surface area contributed by atoms with Gasteiger partial charge in [-0.05, 0) is 45.5 Å². The summed E-state index contributed by atoms with van der Waals surface area (Å²) in [4.78, 5) is 33.2. The van der Waals surface area contributed by atoms with Crippen molar-refractivity contribution < 1.29 is 47.8 Å². The lowest BCUT2D eigenvalue weighted by atomic mass is 10.1. The highest BCUT2D eigenvalue weighted by molar-refractivity contribution is 5.83. The van der Waals surface area contributed by atoms with Gasteiger partial charge in [-0.3, -0.25) is 0 Å². The minimum Gasteiger partial charge on any atom is -0.479 e. The molecule has 0 aromatic heterocycles. The number of nitrogens with zero attached hydrogens (tertiary/aromatic N) is 2. The summed E-state index contributed by atoms with van der Waals surface area (Å²) in [6.07, 6.45) is -5.08. The van der Waals surface area contributed by atoms with Crippen molar-refractivity contribution in [2.75, 3.05) is 27.5 Å². The van der Waals surface area contributed by atoms with Crippen LogP contribution in [-0.4, -0.2) is 88.0 Å². The largest absolute Gasteiger partial charge is 0.479 e. The van der Waals surface area contributed by atoms with Gasteiger partial charge in [0, 0.05) is 27.9 Å². The minimum atomic E-state index is -2.79. The number of amides is 1. The van der Waals surface area contributed by atoms with Crippen LogP contribution in [0, 0.1) is 0 Å². The zero-order valence-electron chi connectivity index (χ0n) is 21.6. The molecule has 1 aromatic rings. The molecule has 1 aromatic carbocycles.